The second-order valence-electron chi connectivity index (χ2n) is 8.25. The van der Waals surface area contributed by atoms with Crippen molar-refractivity contribution in [1.82, 2.24) is 14.9 Å². The molecule has 4 rings (SSSR count). The number of carbonyl (C=O) groups is 1. The number of carbonyl (C=O) groups excluding carboxylic acids is 1. The van der Waals surface area contributed by atoms with Gasteiger partial charge in [-0.2, -0.15) is 5.10 Å². The van der Waals surface area contributed by atoms with Gasteiger partial charge in [0, 0.05) is 31.4 Å². The smallest absolute Gasteiger partial charge is 0.257 e. The Morgan fingerprint density at radius 3 is 2.65 bits per heavy atom. The molecule has 3 aromatic rings. The van der Waals surface area contributed by atoms with E-state index in [-0.39, 0.29) is 24.5 Å². The fourth-order valence-corrected chi connectivity index (χ4v) is 3.76. The minimum atomic E-state index is -0.230. The summed E-state index contributed by atoms with van der Waals surface area (Å²) >= 11 is 0. The molecule has 3 heterocycles. The number of aromatic nitrogens is 1. The zero-order valence-corrected chi connectivity index (χ0v) is 18.2. The Morgan fingerprint density at radius 1 is 1.19 bits per heavy atom. The van der Waals surface area contributed by atoms with E-state index < -0.39 is 0 Å². The van der Waals surface area contributed by atoms with Crippen LogP contribution in [0.1, 0.15) is 48.8 Å². The third-order valence-corrected chi connectivity index (χ3v) is 5.60. The van der Waals surface area contributed by atoms with Crippen LogP contribution in [0.4, 0.5) is 0 Å². The molecule has 1 aliphatic rings. The molecule has 31 heavy (non-hydrogen) atoms. The van der Waals surface area contributed by atoms with E-state index in [1.54, 1.807) is 17.5 Å². The molecule has 0 fully saturated rings. The highest BCUT2D eigenvalue weighted by Gasteiger charge is 2.35. The van der Waals surface area contributed by atoms with E-state index in [4.69, 9.17) is 9.52 Å². The van der Waals surface area contributed by atoms with Crippen LogP contribution in [-0.2, 0) is 11.3 Å². The van der Waals surface area contributed by atoms with Crippen molar-refractivity contribution in [3.05, 3.63) is 89.6 Å². The molecule has 0 aliphatic carbocycles. The van der Waals surface area contributed by atoms with Crippen molar-refractivity contribution in [2.75, 3.05) is 6.54 Å². The highest BCUT2D eigenvalue weighted by atomic mass is 16.3. The van der Waals surface area contributed by atoms with Crippen molar-refractivity contribution in [2.45, 2.75) is 45.8 Å². The van der Waals surface area contributed by atoms with Crippen molar-refractivity contribution >= 4 is 11.6 Å². The third kappa shape index (κ3) is 4.91. The minimum absolute atomic E-state index is 0.0406. The zero-order chi connectivity index (χ0) is 21.8. The van der Waals surface area contributed by atoms with Gasteiger partial charge in [0.15, 0.2) is 0 Å². The monoisotopic (exact) mass is 416 g/mol. The molecule has 0 radical (unpaired) electrons. The minimum Gasteiger partial charge on any atom is -0.467 e. The number of furan rings is 1. The van der Waals surface area contributed by atoms with E-state index >= 15 is 0 Å². The number of benzene rings is 1. The number of rotatable bonds is 7. The summed E-state index contributed by atoms with van der Waals surface area (Å²) in [5.74, 6) is 0.712. The van der Waals surface area contributed by atoms with Crippen molar-refractivity contribution in [1.29, 1.82) is 0 Å². The molecule has 1 aromatic carbocycles. The maximum Gasteiger partial charge on any atom is 0.257 e. The first kappa shape index (κ1) is 21.0. The number of hydrogen-bond acceptors (Lipinski definition) is 5. The molecular formula is C25H28N4O2. The molecule has 0 saturated heterocycles. The summed E-state index contributed by atoms with van der Waals surface area (Å²) in [6, 6.07) is 15.9. The lowest BCUT2D eigenvalue weighted by atomic mass is 10.0. The van der Waals surface area contributed by atoms with Crippen LogP contribution in [0.2, 0.25) is 0 Å². The molecule has 6 heteroatoms. The Balaban J connectivity index is 1.57. The fourth-order valence-electron chi connectivity index (χ4n) is 3.76. The van der Waals surface area contributed by atoms with Crippen LogP contribution >= 0.6 is 0 Å². The number of hydrogen-bond donors (Lipinski definition) is 0. The molecule has 0 saturated carbocycles. The fraction of sp³-hybridized carbons (Fsp3) is 0.320. The van der Waals surface area contributed by atoms with Crippen LogP contribution in [0.25, 0.3) is 0 Å². The second-order valence-corrected chi connectivity index (χ2v) is 8.25. The van der Waals surface area contributed by atoms with E-state index in [1.165, 1.54) is 5.56 Å². The van der Waals surface area contributed by atoms with Gasteiger partial charge in [-0.15, -0.1) is 0 Å². The lowest BCUT2D eigenvalue weighted by molar-refractivity contribution is -0.135. The van der Waals surface area contributed by atoms with Crippen LogP contribution in [0.3, 0.4) is 0 Å². The Kier molecular flexibility index (Phi) is 6.28. The van der Waals surface area contributed by atoms with Crippen LogP contribution in [0, 0.1) is 6.92 Å². The average molecular weight is 417 g/mol. The summed E-state index contributed by atoms with van der Waals surface area (Å²) in [6.45, 7) is 7.18. The van der Waals surface area contributed by atoms with Crippen LogP contribution < -0.4 is 0 Å². The Morgan fingerprint density at radius 2 is 2.00 bits per heavy atom. The molecule has 2 aromatic heterocycles. The maximum absolute atomic E-state index is 13.4. The predicted molar refractivity (Wildman–Crippen MR) is 120 cm³/mol. The largest absolute Gasteiger partial charge is 0.467 e. The van der Waals surface area contributed by atoms with Crippen LogP contribution in [0.15, 0.2) is 76.7 Å². The lowest BCUT2D eigenvalue weighted by Crippen LogP contribution is -2.41. The molecule has 160 valence electrons. The predicted octanol–water partition coefficient (Wildman–Crippen LogP) is 4.57. The Bertz CT molecular complexity index is 1030. The summed E-state index contributed by atoms with van der Waals surface area (Å²) in [6.07, 6.45) is 5.88. The lowest BCUT2D eigenvalue weighted by Gasteiger charge is -2.28. The number of aryl methyl sites for hydroxylation is 1. The van der Waals surface area contributed by atoms with E-state index in [2.05, 4.69) is 54.9 Å². The first-order chi connectivity index (χ1) is 15.0. The number of hydrazone groups is 1. The summed E-state index contributed by atoms with van der Waals surface area (Å²) in [5.41, 5.74) is 4.21. The number of pyridine rings is 1. The molecule has 0 spiro atoms. The van der Waals surface area contributed by atoms with Gasteiger partial charge in [-0.1, -0.05) is 35.9 Å². The van der Waals surface area contributed by atoms with Crippen molar-refractivity contribution in [2.24, 2.45) is 5.10 Å². The zero-order valence-electron chi connectivity index (χ0n) is 18.2. The standard InChI is InChI=1S/C25H28N4O2/c1-18(2)28(16-20-6-4-12-26-15-20)17-25(30)29-23(24-7-5-13-31-24)14-22(27-29)21-10-8-19(3)9-11-21/h4-13,15,18,23H,14,16-17H2,1-3H3/t23-/m0/s1. The van der Waals surface area contributed by atoms with Gasteiger partial charge < -0.3 is 4.42 Å². The van der Waals surface area contributed by atoms with Gasteiger partial charge in [0.05, 0.1) is 18.5 Å². The molecule has 1 atom stereocenters. The van der Waals surface area contributed by atoms with Crippen molar-refractivity contribution in [3.8, 4) is 0 Å². The summed E-state index contributed by atoms with van der Waals surface area (Å²) < 4.78 is 5.66. The van der Waals surface area contributed by atoms with E-state index in [1.807, 2.05) is 30.5 Å². The molecule has 0 unspecified atom stereocenters. The van der Waals surface area contributed by atoms with E-state index in [0.717, 1.165) is 22.6 Å². The van der Waals surface area contributed by atoms with Gasteiger partial charge >= 0.3 is 0 Å². The molecule has 1 amide bonds. The third-order valence-electron chi connectivity index (χ3n) is 5.60. The average Bonchev–Trinajstić information content (AvgIpc) is 3.44. The summed E-state index contributed by atoms with van der Waals surface area (Å²) in [4.78, 5) is 19.7. The highest BCUT2D eigenvalue weighted by Crippen LogP contribution is 2.33. The Labute approximate surface area is 183 Å². The van der Waals surface area contributed by atoms with Gasteiger partial charge in [0.1, 0.15) is 11.8 Å². The quantitative estimate of drug-likeness (QED) is 0.566. The molecular weight excluding hydrogens is 388 g/mol. The number of amides is 1. The molecule has 6 nitrogen and oxygen atoms in total. The Hall–Kier alpha value is -3.25. The van der Waals surface area contributed by atoms with Gasteiger partial charge in [-0.05, 0) is 50.1 Å². The first-order valence-corrected chi connectivity index (χ1v) is 10.6. The van der Waals surface area contributed by atoms with Gasteiger partial charge in [-0.25, -0.2) is 5.01 Å². The normalized spacial score (nSPS) is 16.2. The summed E-state index contributed by atoms with van der Waals surface area (Å²) in [5, 5.41) is 6.35. The van der Waals surface area contributed by atoms with Crippen molar-refractivity contribution in [3.63, 3.8) is 0 Å². The highest BCUT2D eigenvalue weighted by molar-refractivity contribution is 6.03. The van der Waals surface area contributed by atoms with Crippen LogP contribution in [-0.4, -0.2) is 39.1 Å². The van der Waals surface area contributed by atoms with Gasteiger partial charge in [-0.3, -0.25) is 14.7 Å². The first-order valence-electron chi connectivity index (χ1n) is 10.6. The molecule has 1 aliphatic heterocycles. The molecule has 0 N–H and O–H groups in total. The number of nitrogens with zero attached hydrogens (tertiary/aromatic N) is 4. The molecule has 0 bridgehead atoms. The van der Waals surface area contributed by atoms with Crippen LogP contribution in [0.5, 0.6) is 0 Å². The van der Waals surface area contributed by atoms with E-state index in [0.29, 0.717) is 13.0 Å². The maximum atomic E-state index is 13.4. The topological polar surface area (TPSA) is 61.9 Å². The SMILES string of the molecule is Cc1ccc(C2=NN(C(=O)CN(Cc3cccnc3)C(C)C)[C@H](c3ccco3)C2)cc1. The van der Waals surface area contributed by atoms with E-state index in [9.17, 15) is 4.79 Å². The van der Waals surface area contributed by atoms with Gasteiger partial charge in [0.2, 0.25) is 0 Å². The van der Waals surface area contributed by atoms with Gasteiger partial charge in [0.25, 0.3) is 5.91 Å². The second kappa shape index (κ2) is 9.27. The summed E-state index contributed by atoms with van der Waals surface area (Å²) in [7, 11) is 0. The van der Waals surface area contributed by atoms with Crippen molar-refractivity contribution < 1.29 is 9.21 Å².